The van der Waals surface area contributed by atoms with Crippen LogP contribution >= 0.6 is 15.9 Å². The lowest BCUT2D eigenvalue weighted by Gasteiger charge is -2.19. The summed E-state index contributed by atoms with van der Waals surface area (Å²) in [7, 11) is 0. The zero-order valence-corrected chi connectivity index (χ0v) is 13.0. The Balaban J connectivity index is 2.06. The van der Waals surface area contributed by atoms with Gasteiger partial charge in [-0.25, -0.2) is 0 Å². The molecule has 0 aliphatic heterocycles. The van der Waals surface area contributed by atoms with Gasteiger partial charge in [-0.1, -0.05) is 28.9 Å². The van der Waals surface area contributed by atoms with E-state index in [1.54, 1.807) is 0 Å². The number of nitrogens with two attached hydrogens (primary N) is 1. The normalized spacial score (nSPS) is 20.3. The quantitative estimate of drug-likeness (QED) is 0.823. The first-order valence-electron chi connectivity index (χ1n) is 7.06. The van der Waals surface area contributed by atoms with Gasteiger partial charge in [-0.15, -0.1) is 0 Å². The minimum absolute atomic E-state index is 0.209. The van der Waals surface area contributed by atoms with E-state index in [4.69, 9.17) is 10.5 Å². The molecule has 19 heavy (non-hydrogen) atoms. The van der Waals surface area contributed by atoms with Gasteiger partial charge in [0.2, 0.25) is 0 Å². The van der Waals surface area contributed by atoms with Gasteiger partial charge in [-0.05, 0) is 61.9 Å². The summed E-state index contributed by atoms with van der Waals surface area (Å²) in [4.78, 5) is 0. The molecule has 2 atom stereocenters. The van der Waals surface area contributed by atoms with Gasteiger partial charge in [-0.3, -0.25) is 0 Å². The molecule has 0 heterocycles. The average molecular weight is 324 g/mol. The molecule has 2 N–H and O–H groups in total. The summed E-state index contributed by atoms with van der Waals surface area (Å²) in [6, 6.07) is 6.40. The first-order valence-corrected chi connectivity index (χ1v) is 7.85. The molecule has 0 bridgehead atoms. The highest BCUT2D eigenvalue weighted by atomic mass is 79.9. The van der Waals surface area contributed by atoms with Gasteiger partial charge >= 0.3 is 0 Å². The van der Waals surface area contributed by atoms with Gasteiger partial charge in [-0.2, -0.15) is 0 Å². The van der Waals surface area contributed by atoms with Crippen molar-refractivity contribution in [2.45, 2.75) is 51.2 Å². The number of hydrogen-bond donors (Lipinski definition) is 1. The first kappa shape index (κ1) is 14.6. The Morgan fingerprint density at radius 2 is 2.32 bits per heavy atom. The predicted octanol–water partition coefficient (Wildman–Crippen LogP) is 4.22. The van der Waals surface area contributed by atoms with E-state index in [-0.39, 0.29) is 12.1 Å². The van der Waals surface area contributed by atoms with E-state index in [2.05, 4.69) is 47.1 Å². The van der Waals surface area contributed by atoms with Crippen LogP contribution in [-0.2, 0) is 6.42 Å². The van der Waals surface area contributed by atoms with E-state index >= 15 is 0 Å². The lowest BCUT2D eigenvalue weighted by atomic mass is 10.0. The lowest BCUT2D eigenvalue weighted by Crippen LogP contribution is -2.21. The largest absolute Gasteiger partial charge is 0.486 e. The minimum atomic E-state index is 0.209. The Hall–Kier alpha value is -0.800. The molecule has 2 unspecified atom stereocenters. The minimum Gasteiger partial charge on any atom is -0.486 e. The lowest BCUT2D eigenvalue weighted by molar-refractivity contribution is 0.229. The molecule has 1 aromatic carbocycles. The molecule has 1 aliphatic rings. The monoisotopic (exact) mass is 323 g/mol. The van der Waals surface area contributed by atoms with Crippen molar-refractivity contribution >= 4 is 15.9 Å². The average Bonchev–Trinajstić information content (AvgIpc) is 2.43. The molecule has 2 rings (SSSR count). The fraction of sp³-hybridized carbons (Fsp3) is 0.500. The maximum absolute atomic E-state index is 6.04. The maximum atomic E-state index is 6.04. The number of benzene rings is 1. The molecule has 0 aromatic heterocycles. The summed E-state index contributed by atoms with van der Waals surface area (Å²) in [5, 5.41) is 0. The number of allylic oxidation sites excluding steroid dienone is 1. The number of rotatable bonds is 5. The summed E-state index contributed by atoms with van der Waals surface area (Å²) in [5.41, 5.74) is 7.26. The second-order valence-corrected chi connectivity index (χ2v) is 6.00. The highest BCUT2D eigenvalue weighted by Gasteiger charge is 2.12. The molecule has 0 saturated heterocycles. The number of ether oxygens (including phenoxy) is 1. The van der Waals surface area contributed by atoms with Crippen LogP contribution in [0.2, 0.25) is 0 Å². The van der Waals surface area contributed by atoms with E-state index in [1.807, 2.05) is 6.07 Å². The van der Waals surface area contributed by atoms with Crippen LogP contribution in [0.3, 0.4) is 0 Å². The topological polar surface area (TPSA) is 35.2 Å². The van der Waals surface area contributed by atoms with E-state index < -0.39 is 0 Å². The van der Waals surface area contributed by atoms with Crippen LogP contribution < -0.4 is 10.5 Å². The summed E-state index contributed by atoms with van der Waals surface area (Å²) < 4.78 is 7.13. The molecule has 1 aliphatic carbocycles. The van der Waals surface area contributed by atoms with Gasteiger partial charge in [0.25, 0.3) is 0 Å². The third-order valence-electron chi connectivity index (χ3n) is 3.52. The van der Waals surface area contributed by atoms with E-state index in [0.717, 1.165) is 29.5 Å². The zero-order chi connectivity index (χ0) is 13.7. The van der Waals surface area contributed by atoms with Gasteiger partial charge < -0.3 is 10.5 Å². The highest BCUT2D eigenvalue weighted by Crippen LogP contribution is 2.26. The predicted molar refractivity (Wildman–Crippen MR) is 83.5 cm³/mol. The van der Waals surface area contributed by atoms with Gasteiger partial charge in [0.05, 0.1) is 0 Å². The van der Waals surface area contributed by atoms with Gasteiger partial charge in [0.1, 0.15) is 11.9 Å². The van der Waals surface area contributed by atoms with Gasteiger partial charge in [0, 0.05) is 10.5 Å². The van der Waals surface area contributed by atoms with Crippen molar-refractivity contribution in [2.24, 2.45) is 5.73 Å². The van der Waals surface area contributed by atoms with Crippen LogP contribution in [0.1, 0.15) is 38.2 Å². The fourth-order valence-electron chi connectivity index (χ4n) is 2.26. The van der Waals surface area contributed by atoms with E-state index in [1.165, 1.54) is 18.4 Å². The summed E-state index contributed by atoms with van der Waals surface area (Å²) >= 11 is 3.59. The highest BCUT2D eigenvalue weighted by molar-refractivity contribution is 9.10. The Labute approximate surface area is 124 Å². The first-order chi connectivity index (χ1) is 9.19. The standard InChI is InChI=1S/C16H22BrNO/c1-2-13(18)10-12-11-15(8-9-16(12)17)19-14-6-4-3-5-7-14/h4,6,8-9,11,13-14H,2-3,5,7,10,18H2,1H3. The van der Waals surface area contributed by atoms with Crippen molar-refractivity contribution in [1.82, 2.24) is 0 Å². The van der Waals surface area contributed by atoms with Crippen molar-refractivity contribution in [2.75, 3.05) is 0 Å². The van der Waals surface area contributed by atoms with E-state index in [0.29, 0.717) is 0 Å². The Bertz CT molecular complexity index is 444. The van der Waals surface area contributed by atoms with Crippen LogP contribution in [0.4, 0.5) is 0 Å². The molecule has 0 amide bonds. The Kier molecular flexibility index (Phi) is 5.46. The van der Waals surface area contributed by atoms with Crippen LogP contribution in [-0.4, -0.2) is 12.1 Å². The van der Waals surface area contributed by atoms with Gasteiger partial charge in [0.15, 0.2) is 0 Å². The van der Waals surface area contributed by atoms with Crippen LogP contribution in [0.15, 0.2) is 34.8 Å². The molecule has 104 valence electrons. The third kappa shape index (κ3) is 4.36. The number of hydrogen-bond acceptors (Lipinski definition) is 2. The Morgan fingerprint density at radius 3 is 3.00 bits per heavy atom. The van der Waals surface area contributed by atoms with Crippen molar-refractivity contribution in [3.05, 3.63) is 40.4 Å². The second-order valence-electron chi connectivity index (χ2n) is 5.14. The Morgan fingerprint density at radius 1 is 1.47 bits per heavy atom. The van der Waals surface area contributed by atoms with Crippen molar-refractivity contribution < 1.29 is 4.74 Å². The zero-order valence-electron chi connectivity index (χ0n) is 11.4. The summed E-state index contributed by atoms with van der Waals surface area (Å²) in [6.45, 7) is 2.12. The van der Waals surface area contributed by atoms with Crippen LogP contribution in [0.25, 0.3) is 0 Å². The molecule has 0 spiro atoms. The fourth-order valence-corrected chi connectivity index (χ4v) is 2.67. The maximum Gasteiger partial charge on any atom is 0.120 e. The third-order valence-corrected chi connectivity index (χ3v) is 4.29. The van der Waals surface area contributed by atoms with Crippen LogP contribution in [0.5, 0.6) is 5.75 Å². The summed E-state index contributed by atoms with van der Waals surface area (Å²) in [6.07, 6.45) is 9.97. The smallest absolute Gasteiger partial charge is 0.120 e. The van der Waals surface area contributed by atoms with Crippen molar-refractivity contribution in [1.29, 1.82) is 0 Å². The summed E-state index contributed by atoms with van der Waals surface area (Å²) in [5.74, 6) is 0.943. The molecule has 3 heteroatoms. The van der Waals surface area contributed by atoms with Crippen molar-refractivity contribution in [3.63, 3.8) is 0 Å². The van der Waals surface area contributed by atoms with E-state index in [9.17, 15) is 0 Å². The van der Waals surface area contributed by atoms with Crippen LogP contribution in [0, 0.1) is 0 Å². The molecule has 1 aromatic rings. The van der Waals surface area contributed by atoms with Crippen molar-refractivity contribution in [3.8, 4) is 5.75 Å². The SMILES string of the molecule is CCC(N)Cc1cc(OC2C=CCCC2)ccc1Br. The molecule has 0 fully saturated rings. The second kappa shape index (κ2) is 7.11. The molecule has 2 nitrogen and oxygen atoms in total. The molecule has 0 radical (unpaired) electrons. The molecular weight excluding hydrogens is 302 g/mol. The number of halogens is 1. The molecule has 0 saturated carbocycles. The molecular formula is C16H22BrNO.